The standard InChI is InChI=1S/C13H14N2O2S/c1-8-12(7-14)18-13(15-8)9-2-3-10-11(6-9)17-5-4-16-10/h2-3,6H,4-5,7,14H2,1H3. The summed E-state index contributed by atoms with van der Waals surface area (Å²) in [5, 5.41) is 0.977. The molecule has 0 radical (unpaired) electrons. The van der Waals surface area contributed by atoms with Crippen LogP contribution in [0.4, 0.5) is 0 Å². The molecule has 3 rings (SSSR count). The third-order valence-electron chi connectivity index (χ3n) is 2.87. The van der Waals surface area contributed by atoms with Gasteiger partial charge in [-0.05, 0) is 25.1 Å². The second-order valence-corrected chi connectivity index (χ2v) is 5.17. The lowest BCUT2D eigenvalue weighted by molar-refractivity contribution is 0.171. The van der Waals surface area contributed by atoms with Crippen LogP contribution in [0.2, 0.25) is 0 Å². The quantitative estimate of drug-likeness (QED) is 0.902. The number of aryl methyl sites for hydroxylation is 1. The summed E-state index contributed by atoms with van der Waals surface area (Å²) in [6, 6.07) is 5.92. The summed E-state index contributed by atoms with van der Waals surface area (Å²) in [6.07, 6.45) is 0. The predicted molar refractivity (Wildman–Crippen MR) is 71.2 cm³/mol. The maximum Gasteiger partial charge on any atom is 0.162 e. The lowest BCUT2D eigenvalue weighted by Gasteiger charge is -2.18. The van der Waals surface area contributed by atoms with Gasteiger partial charge < -0.3 is 15.2 Å². The third kappa shape index (κ3) is 1.95. The molecule has 94 valence electrons. The van der Waals surface area contributed by atoms with Crippen molar-refractivity contribution >= 4 is 11.3 Å². The molecule has 0 saturated carbocycles. The second kappa shape index (κ2) is 4.59. The molecule has 0 fully saturated rings. The summed E-state index contributed by atoms with van der Waals surface area (Å²) in [6.45, 7) is 3.73. The number of hydrogen-bond acceptors (Lipinski definition) is 5. The van der Waals surface area contributed by atoms with E-state index in [1.54, 1.807) is 11.3 Å². The number of nitrogens with two attached hydrogens (primary N) is 1. The fourth-order valence-electron chi connectivity index (χ4n) is 1.92. The van der Waals surface area contributed by atoms with Gasteiger partial charge in [-0.15, -0.1) is 11.3 Å². The molecule has 1 aromatic heterocycles. The number of hydrogen-bond donors (Lipinski definition) is 1. The highest BCUT2D eigenvalue weighted by molar-refractivity contribution is 7.15. The molecule has 4 nitrogen and oxygen atoms in total. The Hall–Kier alpha value is -1.59. The van der Waals surface area contributed by atoms with Crippen LogP contribution < -0.4 is 15.2 Å². The first-order valence-corrected chi connectivity index (χ1v) is 6.66. The molecule has 0 unspecified atom stereocenters. The average Bonchev–Trinajstić information content (AvgIpc) is 2.79. The Kier molecular flexibility index (Phi) is 2.93. The lowest BCUT2D eigenvalue weighted by Crippen LogP contribution is -2.15. The number of nitrogens with zero attached hydrogens (tertiary/aromatic N) is 1. The monoisotopic (exact) mass is 262 g/mol. The van der Waals surface area contributed by atoms with Gasteiger partial charge in [0.25, 0.3) is 0 Å². The molecular formula is C13H14N2O2S. The van der Waals surface area contributed by atoms with Gasteiger partial charge in [0.1, 0.15) is 18.2 Å². The second-order valence-electron chi connectivity index (χ2n) is 4.09. The van der Waals surface area contributed by atoms with Crippen molar-refractivity contribution in [1.82, 2.24) is 4.98 Å². The molecule has 0 saturated heterocycles. The lowest BCUT2D eigenvalue weighted by atomic mass is 10.2. The van der Waals surface area contributed by atoms with Crippen LogP contribution >= 0.6 is 11.3 Å². The normalized spacial score (nSPS) is 13.7. The van der Waals surface area contributed by atoms with E-state index >= 15 is 0 Å². The maximum atomic E-state index is 5.68. The summed E-state index contributed by atoms with van der Waals surface area (Å²) in [7, 11) is 0. The number of benzene rings is 1. The molecule has 2 N–H and O–H groups in total. The van der Waals surface area contributed by atoms with Crippen LogP contribution in [-0.2, 0) is 6.54 Å². The molecule has 1 aliphatic heterocycles. The molecule has 18 heavy (non-hydrogen) atoms. The van der Waals surface area contributed by atoms with E-state index in [-0.39, 0.29) is 0 Å². The van der Waals surface area contributed by atoms with Crippen molar-refractivity contribution in [2.75, 3.05) is 13.2 Å². The molecule has 0 spiro atoms. The SMILES string of the molecule is Cc1nc(-c2ccc3c(c2)OCCO3)sc1CN. The Labute approximate surface area is 109 Å². The molecule has 1 aliphatic rings. The first kappa shape index (κ1) is 11.5. The average molecular weight is 262 g/mol. The Morgan fingerprint density at radius 1 is 1.28 bits per heavy atom. The van der Waals surface area contributed by atoms with E-state index in [0.717, 1.165) is 32.6 Å². The van der Waals surface area contributed by atoms with Gasteiger partial charge in [-0.2, -0.15) is 0 Å². The number of fused-ring (bicyclic) bond motifs is 1. The molecular weight excluding hydrogens is 248 g/mol. The van der Waals surface area contributed by atoms with E-state index in [4.69, 9.17) is 15.2 Å². The predicted octanol–water partition coefficient (Wildman–Crippen LogP) is 2.35. The van der Waals surface area contributed by atoms with Crippen LogP contribution in [0.5, 0.6) is 11.5 Å². The number of ether oxygens (including phenoxy) is 2. The molecule has 0 aliphatic carbocycles. The van der Waals surface area contributed by atoms with Gasteiger partial charge in [0.2, 0.25) is 0 Å². The molecule has 5 heteroatoms. The number of rotatable bonds is 2. The van der Waals surface area contributed by atoms with Gasteiger partial charge >= 0.3 is 0 Å². The summed E-state index contributed by atoms with van der Waals surface area (Å²) in [5.74, 6) is 1.60. The van der Waals surface area contributed by atoms with Crippen molar-refractivity contribution in [3.63, 3.8) is 0 Å². The van der Waals surface area contributed by atoms with Crippen LogP contribution in [0, 0.1) is 6.92 Å². The molecule has 1 aromatic carbocycles. The fraction of sp³-hybridized carbons (Fsp3) is 0.308. The van der Waals surface area contributed by atoms with Gasteiger partial charge in [-0.3, -0.25) is 0 Å². The zero-order valence-electron chi connectivity index (χ0n) is 10.1. The van der Waals surface area contributed by atoms with Crippen LogP contribution in [0.15, 0.2) is 18.2 Å². The van der Waals surface area contributed by atoms with E-state index in [2.05, 4.69) is 4.98 Å². The van der Waals surface area contributed by atoms with E-state index in [9.17, 15) is 0 Å². The molecule has 2 aromatic rings. The van der Waals surface area contributed by atoms with E-state index < -0.39 is 0 Å². The van der Waals surface area contributed by atoms with Crippen molar-refractivity contribution in [1.29, 1.82) is 0 Å². The van der Waals surface area contributed by atoms with E-state index in [1.807, 2.05) is 25.1 Å². The minimum Gasteiger partial charge on any atom is -0.486 e. The van der Waals surface area contributed by atoms with Crippen LogP contribution in [-0.4, -0.2) is 18.2 Å². The maximum absolute atomic E-state index is 5.68. The zero-order valence-corrected chi connectivity index (χ0v) is 10.9. The highest BCUT2D eigenvalue weighted by Gasteiger charge is 2.14. The Balaban J connectivity index is 2.00. The minimum absolute atomic E-state index is 0.536. The Morgan fingerprint density at radius 2 is 2.06 bits per heavy atom. The summed E-state index contributed by atoms with van der Waals surface area (Å²) < 4.78 is 11.1. The number of aromatic nitrogens is 1. The summed E-state index contributed by atoms with van der Waals surface area (Å²) in [4.78, 5) is 5.67. The molecule has 0 amide bonds. The van der Waals surface area contributed by atoms with Crippen LogP contribution in [0.25, 0.3) is 10.6 Å². The molecule has 2 heterocycles. The fourth-order valence-corrected chi connectivity index (χ4v) is 2.85. The highest BCUT2D eigenvalue weighted by Crippen LogP contribution is 2.36. The van der Waals surface area contributed by atoms with Crippen molar-refractivity contribution < 1.29 is 9.47 Å². The van der Waals surface area contributed by atoms with Crippen LogP contribution in [0.3, 0.4) is 0 Å². The topological polar surface area (TPSA) is 57.4 Å². The summed E-state index contributed by atoms with van der Waals surface area (Å²) >= 11 is 1.63. The molecule has 0 bridgehead atoms. The first-order chi connectivity index (χ1) is 8.78. The van der Waals surface area contributed by atoms with Gasteiger partial charge in [-0.25, -0.2) is 4.98 Å². The van der Waals surface area contributed by atoms with E-state index in [0.29, 0.717) is 19.8 Å². The first-order valence-electron chi connectivity index (χ1n) is 5.84. The van der Waals surface area contributed by atoms with E-state index in [1.165, 1.54) is 0 Å². The van der Waals surface area contributed by atoms with Gasteiger partial charge in [0, 0.05) is 17.0 Å². The van der Waals surface area contributed by atoms with Crippen LogP contribution in [0.1, 0.15) is 10.6 Å². The Morgan fingerprint density at radius 3 is 2.78 bits per heavy atom. The van der Waals surface area contributed by atoms with Crippen molar-refractivity contribution in [2.45, 2.75) is 13.5 Å². The number of thiazole rings is 1. The van der Waals surface area contributed by atoms with Gasteiger partial charge in [0.15, 0.2) is 11.5 Å². The van der Waals surface area contributed by atoms with Gasteiger partial charge in [-0.1, -0.05) is 0 Å². The Bertz CT molecular complexity index is 580. The van der Waals surface area contributed by atoms with Crippen molar-refractivity contribution in [3.8, 4) is 22.1 Å². The smallest absolute Gasteiger partial charge is 0.162 e. The largest absolute Gasteiger partial charge is 0.486 e. The van der Waals surface area contributed by atoms with Gasteiger partial charge in [0.05, 0.1) is 5.69 Å². The van der Waals surface area contributed by atoms with Crippen molar-refractivity contribution in [3.05, 3.63) is 28.8 Å². The summed E-state index contributed by atoms with van der Waals surface area (Å²) in [5.41, 5.74) is 7.73. The minimum atomic E-state index is 0.536. The zero-order chi connectivity index (χ0) is 12.5. The van der Waals surface area contributed by atoms with Crippen molar-refractivity contribution in [2.24, 2.45) is 5.73 Å². The molecule has 0 atom stereocenters. The third-order valence-corrected chi connectivity index (χ3v) is 4.10. The highest BCUT2D eigenvalue weighted by atomic mass is 32.1.